The van der Waals surface area contributed by atoms with Crippen LogP contribution in [0.1, 0.15) is 23.1 Å². The van der Waals surface area contributed by atoms with Crippen molar-refractivity contribution in [2.45, 2.75) is 20.3 Å². The minimum Gasteiger partial charge on any atom is -0.481 e. The van der Waals surface area contributed by atoms with Gasteiger partial charge in [-0.05, 0) is 55.3 Å². The minimum absolute atomic E-state index is 0.0248. The van der Waals surface area contributed by atoms with E-state index in [-0.39, 0.29) is 33.6 Å². The topological polar surface area (TPSA) is 101 Å². The maximum atomic E-state index is 13.4. The van der Waals surface area contributed by atoms with Gasteiger partial charge in [-0.1, -0.05) is 41.6 Å². The van der Waals surface area contributed by atoms with Gasteiger partial charge >= 0.3 is 5.97 Å². The number of thioether (sulfide) groups is 1. The Labute approximate surface area is 208 Å². The molecule has 0 aliphatic carbocycles. The molecule has 0 radical (unpaired) electrons. The van der Waals surface area contributed by atoms with Gasteiger partial charge < -0.3 is 9.84 Å². The van der Waals surface area contributed by atoms with E-state index in [4.69, 9.17) is 33.7 Å². The molecule has 1 aliphatic heterocycles. The van der Waals surface area contributed by atoms with Gasteiger partial charge in [0.1, 0.15) is 21.3 Å². The van der Waals surface area contributed by atoms with Crippen LogP contribution >= 0.6 is 35.6 Å². The molecule has 1 fully saturated rings. The number of nitrogens with zero attached hydrogens (tertiary/aromatic N) is 3. The largest absolute Gasteiger partial charge is 0.481 e. The first-order valence-corrected chi connectivity index (χ1v) is 11.7. The predicted octanol–water partition coefficient (Wildman–Crippen LogP) is 4.43. The van der Waals surface area contributed by atoms with Crippen LogP contribution in [0.3, 0.4) is 0 Å². The molecule has 4 rings (SSSR count). The molecule has 0 spiro atoms. The number of pyridine rings is 1. The van der Waals surface area contributed by atoms with E-state index < -0.39 is 17.4 Å². The summed E-state index contributed by atoms with van der Waals surface area (Å²) in [7, 11) is 0. The van der Waals surface area contributed by atoms with Gasteiger partial charge in [0, 0.05) is 17.8 Å². The number of hydrogen-bond donors (Lipinski definition) is 1. The number of carbonyl (C=O) groups is 2. The second-order valence-electron chi connectivity index (χ2n) is 7.51. The highest BCUT2D eigenvalue weighted by Crippen LogP contribution is 2.34. The van der Waals surface area contributed by atoms with Crippen LogP contribution in [-0.2, 0) is 9.59 Å². The van der Waals surface area contributed by atoms with E-state index in [2.05, 4.69) is 4.98 Å². The smallest absolute Gasteiger partial charge is 0.305 e. The highest BCUT2D eigenvalue weighted by molar-refractivity contribution is 8.26. The van der Waals surface area contributed by atoms with Crippen LogP contribution in [0.4, 0.5) is 0 Å². The van der Waals surface area contributed by atoms with Gasteiger partial charge in [0.15, 0.2) is 0 Å². The number of aryl methyl sites for hydroxylation is 2. The summed E-state index contributed by atoms with van der Waals surface area (Å²) < 4.78 is 7.60. The molecule has 1 N–H and O–H groups in total. The van der Waals surface area contributed by atoms with Gasteiger partial charge in [0.05, 0.1) is 11.3 Å². The predicted molar refractivity (Wildman–Crippen MR) is 135 cm³/mol. The molecule has 1 aliphatic rings. The second-order valence-corrected chi connectivity index (χ2v) is 9.59. The molecule has 8 nitrogen and oxygen atoms in total. The van der Waals surface area contributed by atoms with Crippen LogP contribution in [0.5, 0.6) is 11.6 Å². The fourth-order valence-electron chi connectivity index (χ4n) is 3.32. The van der Waals surface area contributed by atoms with Crippen molar-refractivity contribution in [2.24, 2.45) is 0 Å². The first kappa shape index (κ1) is 23.9. The van der Waals surface area contributed by atoms with Crippen molar-refractivity contribution in [3.05, 3.63) is 73.5 Å². The highest BCUT2D eigenvalue weighted by atomic mass is 35.5. The monoisotopic (exact) mass is 515 g/mol. The van der Waals surface area contributed by atoms with Gasteiger partial charge in [-0.2, -0.15) is 4.98 Å². The van der Waals surface area contributed by atoms with E-state index in [9.17, 15) is 14.4 Å². The average molecular weight is 516 g/mol. The highest BCUT2D eigenvalue weighted by Gasteiger charge is 2.33. The lowest BCUT2D eigenvalue weighted by Crippen LogP contribution is -2.30. The first-order chi connectivity index (χ1) is 16.2. The van der Waals surface area contributed by atoms with E-state index in [1.807, 2.05) is 19.9 Å². The molecule has 34 heavy (non-hydrogen) atoms. The van der Waals surface area contributed by atoms with E-state index in [0.29, 0.717) is 16.4 Å². The number of carboxylic acids is 1. The zero-order chi connectivity index (χ0) is 24.6. The molecule has 1 aromatic carbocycles. The molecular weight excluding hydrogens is 498 g/mol. The summed E-state index contributed by atoms with van der Waals surface area (Å²) in [5, 5.41) is 9.51. The Kier molecular flexibility index (Phi) is 6.74. The fraction of sp³-hybridized carbons (Fsp3) is 0.174. The number of carbonyl (C=O) groups excluding carboxylic acids is 1. The number of aromatic nitrogens is 2. The normalized spacial score (nSPS) is 14.9. The van der Waals surface area contributed by atoms with Crippen molar-refractivity contribution in [3.63, 3.8) is 0 Å². The van der Waals surface area contributed by atoms with Crippen LogP contribution in [0, 0.1) is 13.8 Å². The first-order valence-electron chi connectivity index (χ1n) is 10.1. The van der Waals surface area contributed by atoms with Gasteiger partial charge in [0.25, 0.3) is 11.5 Å². The van der Waals surface area contributed by atoms with Crippen molar-refractivity contribution in [2.75, 3.05) is 6.54 Å². The zero-order valence-electron chi connectivity index (χ0n) is 18.1. The van der Waals surface area contributed by atoms with E-state index in [0.717, 1.165) is 22.9 Å². The number of fused-ring (bicyclic) bond motifs is 1. The summed E-state index contributed by atoms with van der Waals surface area (Å²) in [6, 6.07) is 8.61. The lowest BCUT2D eigenvalue weighted by atomic mass is 10.2. The minimum atomic E-state index is -1.04. The number of ether oxygens (including phenoxy) is 1. The van der Waals surface area contributed by atoms with E-state index in [1.165, 1.54) is 15.4 Å². The second kappa shape index (κ2) is 9.57. The molecule has 1 saturated heterocycles. The maximum absolute atomic E-state index is 13.4. The van der Waals surface area contributed by atoms with Gasteiger partial charge in [-0.3, -0.25) is 23.7 Å². The quantitative estimate of drug-likeness (QED) is 0.380. The summed E-state index contributed by atoms with van der Waals surface area (Å²) in [6.07, 6.45) is 2.73. The van der Waals surface area contributed by atoms with Gasteiger partial charge in [-0.25, -0.2) is 0 Å². The number of halogens is 1. The third-order valence-electron chi connectivity index (χ3n) is 5.09. The molecule has 2 aromatic heterocycles. The molecule has 3 aromatic rings. The molecule has 11 heteroatoms. The third kappa shape index (κ3) is 4.70. The Bertz CT molecular complexity index is 1450. The van der Waals surface area contributed by atoms with E-state index in [1.54, 1.807) is 30.5 Å². The zero-order valence-corrected chi connectivity index (χ0v) is 20.5. The van der Waals surface area contributed by atoms with Gasteiger partial charge in [-0.15, -0.1) is 0 Å². The molecule has 1 amide bonds. The molecule has 3 heterocycles. The molecule has 0 atom stereocenters. The number of benzene rings is 1. The van der Waals surface area contributed by atoms with Crippen molar-refractivity contribution in [1.82, 2.24) is 14.3 Å². The number of rotatable bonds is 6. The van der Waals surface area contributed by atoms with Crippen molar-refractivity contribution in [3.8, 4) is 11.6 Å². The molecule has 0 unspecified atom stereocenters. The number of aliphatic carboxylic acids is 1. The van der Waals surface area contributed by atoms with Crippen LogP contribution in [0.25, 0.3) is 11.7 Å². The summed E-state index contributed by atoms with van der Waals surface area (Å²) in [5.41, 5.74) is 1.61. The van der Waals surface area contributed by atoms with Crippen molar-refractivity contribution < 1.29 is 19.4 Å². The SMILES string of the molecule is Cc1cc(Oc2nc3c(C)cccn3c(=O)c2/C=C2/SC(=S)N(CCC(=O)O)C2=O)ccc1Cl. The van der Waals surface area contributed by atoms with Crippen LogP contribution < -0.4 is 10.3 Å². The van der Waals surface area contributed by atoms with E-state index >= 15 is 0 Å². The molecule has 0 saturated carbocycles. The lowest BCUT2D eigenvalue weighted by Gasteiger charge is -2.13. The Morgan fingerprint density at radius 2 is 2.03 bits per heavy atom. The number of amides is 1. The lowest BCUT2D eigenvalue weighted by molar-refractivity contribution is -0.137. The Balaban J connectivity index is 1.83. The van der Waals surface area contributed by atoms with Gasteiger partial charge in [0.2, 0.25) is 5.88 Å². The number of hydrogen-bond acceptors (Lipinski definition) is 7. The third-order valence-corrected chi connectivity index (χ3v) is 6.89. The average Bonchev–Trinajstić information content (AvgIpc) is 3.05. The standard InChI is InChI=1S/C23H18ClN3O5S2/c1-12-4-3-8-26-19(12)25-20(32-14-5-6-16(24)13(2)10-14)15(21(26)30)11-17-22(31)27(23(33)34-17)9-7-18(28)29/h3-6,8,10-11H,7,9H2,1-2H3,(H,28,29)/b17-11+. The van der Waals surface area contributed by atoms with Crippen molar-refractivity contribution >= 4 is 63.5 Å². The van der Waals surface area contributed by atoms with Crippen LogP contribution in [0.15, 0.2) is 46.2 Å². The number of thiocarbonyl (C=S) groups is 1. The molecular formula is C23H18ClN3O5S2. The molecule has 174 valence electrons. The van der Waals surface area contributed by atoms with Crippen LogP contribution in [-0.4, -0.2) is 42.1 Å². The maximum Gasteiger partial charge on any atom is 0.305 e. The van der Waals surface area contributed by atoms with Crippen LogP contribution in [0.2, 0.25) is 5.02 Å². The summed E-state index contributed by atoms with van der Waals surface area (Å²) >= 11 is 12.4. The summed E-state index contributed by atoms with van der Waals surface area (Å²) in [6.45, 7) is 3.59. The molecule has 0 bridgehead atoms. The fourth-order valence-corrected chi connectivity index (χ4v) is 4.72. The number of carboxylic acid groups (broad SMARTS) is 1. The Hall–Kier alpha value is -3.21. The summed E-state index contributed by atoms with van der Waals surface area (Å²) in [4.78, 5) is 43.2. The Morgan fingerprint density at radius 3 is 2.74 bits per heavy atom. The summed E-state index contributed by atoms with van der Waals surface area (Å²) in [5.74, 6) is -1.06. The van der Waals surface area contributed by atoms with Crippen molar-refractivity contribution in [1.29, 1.82) is 0 Å². The Morgan fingerprint density at radius 1 is 1.26 bits per heavy atom.